The molecular formula is C14H24N2O2. The quantitative estimate of drug-likeness (QED) is 0.731. The van der Waals surface area contributed by atoms with Gasteiger partial charge >= 0.3 is 0 Å². The molecule has 0 radical (unpaired) electrons. The number of hydrogen-bond donors (Lipinski definition) is 2. The maximum absolute atomic E-state index is 9.22. The van der Waals surface area contributed by atoms with Crippen LogP contribution < -0.4 is 15.4 Å². The van der Waals surface area contributed by atoms with Gasteiger partial charge in [-0.2, -0.15) is 0 Å². The molecule has 0 aliphatic rings. The zero-order valence-corrected chi connectivity index (χ0v) is 11.5. The second-order valence-electron chi connectivity index (χ2n) is 4.31. The van der Waals surface area contributed by atoms with Gasteiger partial charge in [-0.15, -0.1) is 0 Å². The lowest BCUT2D eigenvalue weighted by atomic mass is 10.1. The Balaban J connectivity index is 3.04. The number of benzene rings is 1. The van der Waals surface area contributed by atoms with Crippen LogP contribution >= 0.6 is 0 Å². The van der Waals surface area contributed by atoms with E-state index in [9.17, 15) is 5.11 Å². The minimum Gasteiger partial charge on any atom is -0.495 e. The van der Waals surface area contributed by atoms with Crippen molar-refractivity contribution in [3.63, 3.8) is 0 Å². The average Bonchev–Trinajstić information content (AvgIpc) is 2.40. The van der Waals surface area contributed by atoms with Crippen LogP contribution in [0, 0.1) is 0 Å². The van der Waals surface area contributed by atoms with Crippen LogP contribution in [0.1, 0.15) is 26.7 Å². The molecule has 18 heavy (non-hydrogen) atoms. The monoisotopic (exact) mass is 252 g/mol. The van der Waals surface area contributed by atoms with Crippen molar-refractivity contribution in [1.29, 1.82) is 0 Å². The summed E-state index contributed by atoms with van der Waals surface area (Å²) < 4.78 is 5.25. The number of rotatable bonds is 7. The van der Waals surface area contributed by atoms with Crippen molar-refractivity contribution in [2.24, 2.45) is 0 Å². The first kappa shape index (κ1) is 14.6. The van der Waals surface area contributed by atoms with Crippen molar-refractivity contribution in [1.82, 2.24) is 0 Å². The predicted molar refractivity (Wildman–Crippen MR) is 76.2 cm³/mol. The standard InChI is InChI=1S/C14H24N2O2/c1-4-11(5-2)16(8-9-17)12-6-7-13(15)14(10-12)18-3/h6-7,10-11,17H,4-5,8-9,15H2,1-3H3. The molecule has 0 atom stereocenters. The Bertz CT molecular complexity index is 365. The molecule has 0 aromatic heterocycles. The van der Waals surface area contributed by atoms with Crippen LogP contribution in [0.2, 0.25) is 0 Å². The number of ether oxygens (including phenoxy) is 1. The Labute approximate surface area is 109 Å². The molecular weight excluding hydrogens is 228 g/mol. The van der Waals surface area contributed by atoms with E-state index >= 15 is 0 Å². The molecule has 0 saturated carbocycles. The highest BCUT2D eigenvalue weighted by molar-refractivity contribution is 5.62. The van der Waals surface area contributed by atoms with Crippen molar-refractivity contribution < 1.29 is 9.84 Å². The first-order chi connectivity index (χ1) is 8.67. The molecule has 0 amide bonds. The van der Waals surface area contributed by atoms with Gasteiger partial charge in [0.25, 0.3) is 0 Å². The summed E-state index contributed by atoms with van der Waals surface area (Å²) in [5.74, 6) is 0.682. The summed E-state index contributed by atoms with van der Waals surface area (Å²) in [7, 11) is 1.61. The van der Waals surface area contributed by atoms with E-state index < -0.39 is 0 Å². The van der Waals surface area contributed by atoms with Crippen molar-refractivity contribution in [3.8, 4) is 5.75 Å². The van der Waals surface area contributed by atoms with Gasteiger partial charge in [0.2, 0.25) is 0 Å². The third kappa shape index (κ3) is 3.29. The van der Waals surface area contributed by atoms with E-state index in [2.05, 4.69) is 18.7 Å². The predicted octanol–water partition coefficient (Wildman–Crippen LogP) is 2.26. The molecule has 4 heteroatoms. The van der Waals surface area contributed by atoms with E-state index in [0.717, 1.165) is 18.5 Å². The van der Waals surface area contributed by atoms with Crippen molar-refractivity contribution in [3.05, 3.63) is 18.2 Å². The van der Waals surface area contributed by atoms with Crippen LogP contribution in [-0.4, -0.2) is 31.4 Å². The van der Waals surface area contributed by atoms with E-state index in [1.165, 1.54) is 0 Å². The zero-order chi connectivity index (χ0) is 13.5. The fraction of sp³-hybridized carbons (Fsp3) is 0.571. The molecule has 102 valence electrons. The Morgan fingerprint density at radius 2 is 2.00 bits per heavy atom. The SMILES string of the molecule is CCC(CC)N(CCO)c1ccc(N)c(OC)c1. The van der Waals surface area contributed by atoms with E-state index in [0.29, 0.717) is 24.0 Å². The molecule has 0 bridgehead atoms. The molecule has 4 nitrogen and oxygen atoms in total. The van der Waals surface area contributed by atoms with E-state index in [1.807, 2.05) is 18.2 Å². The average molecular weight is 252 g/mol. The van der Waals surface area contributed by atoms with Crippen molar-refractivity contribution >= 4 is 11.4 Å². The van der Waals surface area contributed by atoms with Gasteiger partial charge < -0.3 is 20.5 Å². The molecule has 3 N–H and O–H groups in total. The van der Waals surface area contributed by atoms with E-state index in [4.69, 9.17) is 10.5 Å². The van der Waals surface area contributed by atoms with Crippen molar-refractivity contribution in [2.75, 3.05) is 30.9 Å². The van der Waals surface area contributed by atoms with Gasteiger partial charge in [-0.3, -0.25) is 0 Å². The molecule has 0 unspecified atom stereocenters. The molecule has 1 rings (SSSR count). The molecule has 1 aromatic carbocycles. The number of nitrogen functional groups attached to an aromatic ring is 1. The minimum absolute atomic E-state index is 0.142. The Morgan fingerprint density at radius 3 is 2.50 bits per heavy atom. The van der Waals surface area contributed by atoms with Crippen LogP contribution in [0.3, 0.4) is 0 Å². The first-order valence-corrected chi connectivity index (χ1v) is 6.48. The fourth-order valence-electron chi connectivity index (χ4n) is 2.24. The summed E-state index contributed by atoms with van der Waals surface area (Å²) in [5.41, 5.74) is 7.50. The number of nitrogens with zero attached hydrogens (tertiary/aromatic N) is 1. The van der Waals surface area contributed by atoms with E-state index in [-0.39, 0.29) is 6.61 Å². The number of methoxy groups -OCH3 is 1. The highest BCUT2D eigenvalue weighted by Gasteiger charge is 2.16. The van der Waals surface area contributed by atoms with Gasteiger partial charge in [0.15, 0.2) is 0 Å². The second-order valence-corrected chi connectivity index (χ2v) is 4.31. The van der Waals surface area contributed by atoms with Gasteiger partial charge in [0.05, 0.1) is 19.4 Å². The lowest BCUT2D eigenvalue weighted by Gasteiger charge is -2.32. The summed E-state index contributed by atoms with van der Waals surface area (Å²) >= 11 is 0. The van der Waals surface area contributed by atoms with Crippen molar-refractivity contribution in [2.45, 2.75) is 32.7 Å². The summed E-state index contributed by atoms with van der Waals surface area (Å²) in [6.45, 7) is 5.09. The normalized spacial score (nSPS) is 10.7. The summed E-state index contributed by atoms with van der Waals surface area (Å²) in [6, 6.07) is 6.18. The van der Waals surface area contributed by atoms with Gasteiger partial charge in [-0.25, -0.2) is 0 Å². The Kier molecular flexibility index (Phi) is 5.78. The number of hydrogen-bond acceptors (Lipinski definition) is 4. The van der Waals surface area contributed by atoms with Gasteiger partial charge in [-0.05, 0) is 25.0 Å². The van der Waals surface area contributed by atoms with Gasteiger partial charge in [-0.1, -0.05) is 13.8 Å². The highest BCUT2D eigenvalue weighted by Crippen LogP contribution is 2.29. The Hall–Kier alpha value is -1.42. The summed E-state index contributed by atoms with van der Waals surface area (Å²) in [6.07, 6.45) is 2.09. The molecule has 0 heterocycles. The fourth-order valence-corrected chi connectivity index (χ4v) is 2.24. The second kappa shape index (κ2) is 7.11. The number of aliphatic hydroxyl groups is 1. The number of nitrogens with two attached hydrogens (primary N) is 1. The third-order valence-corrected chi connectivity index (χ3v) is 3.27. The van der Waals surface area contributed by atoms with E-state index in [1.54, 1.807) is 7.11 Å². The first-order valence-electron chi connectivity index (χ1n) is 6.48. The minimum atomic E-state index is 0.142. The molecule has 0 aliphatic carbocycles. The van der Waals surface area contributed by atoms with Gasteiger partial charge in [0.1, 0.15) is 5.75 Å². The summed E-state index contributed by atoms with van der Waals surface area (Å²) in [4.78, 5) is 2.21. The maximum atomic E-state index is 9.22. The largest absolute Gasteiger partial charge is 0.495 e. The smallest absolute Gasteiger partial charge is 0.143 e. The molecule has 0 fully saturated rings. The highest BCUT2D eigenvalue weighted by atomic mass is 16.5. The van der Waals surface area contributed by atoms with Crippen LogP contribution in [0.4, 0.5) is 11.4 Å². The molecule has 0 spiro atoms. The third-order valence-electron chi connectivity index (χ3n) is 3.27. The molecule has 0 saturated heterocycles. The van der Waals surface area contributed by atoms with Crippen LogP contribution in [0.25, 0.3) is 0 Å². The topological polar surface area (TPSA) is 58.7 Å². The molecule has 1 aromatic rings. The lowest BCUT2D eigenvalue weighted by molar-refractivity contribution is 0.296. The number of anilines is 2. The van der Waals surface area contributed by atoms with Gasteiger partial charge in [0, 0.05) is 24.3 Å². The lowest BCUT2D eigenvalue weighted by Crippen LogP contribution is -2.36. The Morgan fingerprint density at radius 1 is 1.33 bits per heavy atom. The van der Waals surface area contributed by atoms with Crippen LogP contribution in [-0.2, 0) is 0 Å². The van der Waals surface area contributed by atoms with Crippen LogP contribution in [0.5, 0.6) is 5.75 Å². The maximum Gasteiger partial charge on any atom is 0.143 e. The number of aliphatic hydroxyl groups excluding tert-OH is 1. The summed E-state index contributed by atoms with van der Waals surface area (Å²) in [5, 5.41) is 9.22. The molecule has 0 aliphatic heterocycles. The zero-order valence-electron chi connectivity index (χ0n) is 11.5. The van der Waals surface area contributed by atoms with Crippen LogP contribution in [0.15, 0.2) is 18.2 Å².